The van der Waals surface area contributed by atoms with E-state index in [-0.39, 0.29) is 23.1 Å². The maximum atomic E-state index is 13.3. The summed E-state index contributed by atoms with van der Waals surface area (Å²) in [7, 11) is 0. The molecule has 28 heavy (non-hydrogen) atoms. The Bertz CT molecular complexity index is 934. The number of nitrogens with zero attached hydrogens (tertiary/aromatic N) is 4. The number of halogens is 3. The lowest BCUT2D eigenvalue weighted by molar-refractivity contribution is -0.138. The molecular formula is C18H20F3N5O2. The largest absolute Gasteiger partial charge is 0.418 e. The van der Waals surface area contributed by atoms with Gasteiger partial charge < -0.3 is 10.9 Å². The van der Waals surface area contributed by atoms with Gasteiger partial charge in [0.15, 0.2) is 5.84 Å². The number of oxime groups is 1. The van der Waals surface area contributed by atoms with Crippen molar-refractivity contribution in [2.75, 3.05) is 0 Å². The predicted molar refractivity (Wildman–Crippen MR) is 95.2 cm³/mol. The molecule has 0 aliphatic heterocycles. The number of rotatable bonds is 4. The summed E-state index contributed by atoms with van der Waals surface area (Å²) >= 11 is 0. The van der Waals surface area contributed by atoms with Crippen LogP contribution in [0.15, 0.2) is 34.3 Å². The molecule has 2 heterocycles. The van der Waals surface area contributed by atoms with Crippen molar-refractivity contribution in [3.05, 3.63) is 57.3 Å². The zero-order chi connectivity index (χ0) is 20.3. The number of hydrogen-bond acceptors (Lipinski definition) is 5. The monoisotopic (exact) mass is 395 g/mol. The first-order valence-electron chi connectivity index (χ1n) is 8.92. The van der Waals surface area contributed by atoms with Gasteiger partial charge in [-0.15, -0.1) is 0 Å². The normalized spacial score (nSPS) is 16.3. The summed E-state index contributed by atoms with van der Waals surface area (Å²) in [4.78, 5) is 16.7. The van der Waals surface area contributed by atoms with Crippen LogP contribution in [0, 0.1) is 0 Å². The first-order chi connectivity index (χ1) is 13.3. The lowest BCUT2D eigenvalue weighted by atomic mass is 9.84. The molecule has 0 aromatic carbocycles. The molecule has 3 rings (SSSR count). The maximum Gasteiger partial charge on any atom is 0.418 e. The Kier molecular flexibility index (Phi) is 5.66. The zero-order valence-corrected chi connectivity index (χ0v) is 15.0. The van der Waals surface area contributed by atoms with Crippen LogP contribution in [0.3, 0.4) is 0 Å². The minimum absolute atomic E-state index is 0.0344. The summed E-state index contributed by atoms with van der Waals surface area (Å²) in [6, 6.07) is 3.55. The van der Waals surface area contributed by atoms with E-state index in [0.29, 0.717) is 5.56 Å². The van der Waals surface area contributed by atoms with Crippen molar-refractivity contribution in [1.29, 1.82) is 0 Å². The summed E-state index contributed by atoms with van der Waals surface area (Å²) < 4.78 is 40.7. The number of hydrogen-bond donors (Lipinski definition) is 2. The molecule has 3 N–H and O–H groups in total. The minimum atomic E-state index is -4.61. The van der Waals surface area contributed by atoms with E-state index in [2.05, 4.69) is 15.2 Å². The molecule has 0 spiro atoms. The fourth-order valence-electron chi connectivity index (χ4n) is 3.52. The average Bonchev–Trinajstić information content (AvgIpc) is 2.69. The van der Waals surface area contributed by atoms with Crippen LogP contribution in [0.1, 0.15) is 60.5 Å². The van der Waals surface area contributed by atoms with Crippen molar-refractivity contribution in [3.63, 3.8) is 0 Å². The van der Waals surface area contributed by atoms with E-state index in [1.54, 1.807) is 0 Å². The Morgan fingerprint density at radius 3 is 2.68 bits per heavy atom. The predicted octanol–water partition coefficient (Wildman–Crippen LogP) is 2.85. The van der Waals surface area contributed by atoms with Crippen LogP contribution >= 0.6 is 0 Å². The van der Waals surface area contributed by atoms with Crippen molar-refractivity contribution in [3.8, 4) is 0 Å². The van der Waals surface area contributed by atoms with Gasteiger partial charge >= 0.3 is 6.18 Å². The number of alkyl halides is 3. The van der Waals surface area contributed by atoms with Gasteiger partial charge in [0.05, 0.1) is 17.8 Å². The molecule has 0 bridgehead atoms. The quantitative estimate of drug-likeness (QED) is 0.358. The van der Waals surface area contributed by atoms with E-state index >= 15 is 0 Å². The van der Waals surface area contributed by atoms with Gasteiger partial charge in [-0.2, -0.15) is 18.3 Å². The summed E-state index contributed by atoms with van der Waals surface area (Å²) in [5.41, 5.74) is 4.34. The molecule has 2 aromatic rings. The molecule has 1 aliphatic rings. The molecule has 10 heteroatoms. The second kappa shape index (κ2) is 7.99. The topological polar surface area (TPSA) is 106 Å². The van der Waals surface area contributed by atoms with E-state index in [4.69, 9.17) is 10.9 Å². The Balaban J connectivity index is 2.09. The molecule has 1 saturated carbocycles. The van der Waals surface area contributed by atoms with Crippen molar-refractivity contribution in [1.82, 2.24) is 14.8 Å². The van der Waals surface area contributed by atoms with Crippen molar-refractivity contribution < 1.29 is 18.4 Å². The van der Waals surface area contributed by atoms with E-state index in [1.165, 1.54) is 18.3 Å². The number of pyridine rings is 1. The Morgan fingerprint density at radius 2 is 2.04 bits per heavy atom. The minimum Gasteiger partial charge on any atom is -0.409 e. The van der Waals surface area contributed by atoms with Crippen molar-refractivity contribution >= 4 is 5.84 Å². The summed E-state index contributed by atoms with van der Waals surface area (Å²) in [6.07, 6.45) is 1.21. The molecule has 150 valence electrons. The zero-order valence-electron chi connectivity index (χ0n) is 15.0. The summed E-state index contributed by atoms with van der Waals surface area (Å²) in [5.74, 6) is -0.352. The first kappa shape index (κ1) is 19.8. The lowest BCUT2D eigenvalue weighted by Crippen LogP contribution is -2.33. The van der Waals surface area contributed by atoms with E-state index < -0.39 is 23.8 Å². The van der Waals surface area contributed by atoms with Crippen LogP contribution in [0.5, 0.6) is 0 Å². The van der Waals surface area contributed by atoms with Crippen LogP contribution in [0.2, 0.25) is 0 Å². The third kappa shape index (κ3) is 4.15. The van der Waals surface area contributed by atoms with Gasteiger partial charge in [-0.05, 0) is 37.0 Å². The molecule has 0 atom stereocenters. The number of amidine groups is 1. The molecule has 1 fully saturated rings. The molecule has 0 unspecified atom stereocenters. The van der Waals surface area contributed by atoms with E-state index in [9.17, 15) is 18.0 Å². The highest BCUT2D eigenvalue weighted by Crippen LogP contribution is 2.32. The Morgan fingerprint density at radius 1 is 1.32 bits per heavy atom. The van der Waals surface area contributed by atoms with Crippen LogP contribution in [-0.4, -0.2) is 25.8 Å². The van der Waals surface area contributed by atoms with E-state index in [1.807, 2.05) is 0 Å². The third-order valence-electron chi connectivity index (χ3n) is 4.91. The molecule has 2 aromatic heterocycles. The number of aromatic nitrogens is 3. The van der Waals surface area contributed by atoms with Crippen LogP contribution in [-0.2, 0) is 12.7 Å². The summed E-state index contributed by atoms with van der Waals surface area (Å²) in [6.45, 7) is -0.471. The second-order valence-corrected chi connectivity index (χ2v) is 6.76. The van der Waals surface area contributed by atoms with Gasteiger partial charge in [-0.1, -0.05) is 24.4 Å². The highest BCUT2D eigenvalue weighted by atomic mass is 19.4. The lowest BCUT2D eigenvalue weighted by Gasteiger charge is -2.22. The smallest absolute Gasteiger partial charge is 0.409 e. The van der Waals surface area contributed by atoms with Gasteiger partial charge in [0.1, 0.15) is 5.69 Å². The maximum absolute atomic E-state index is 13.3. The highest BCUT2D eigenvalue weighted by Gasteiger charge is 2.34. The standard InChI is InChI=1S/C18H20F3N5O2/c19-18(20,21)13-7-4-8-23-15(13)10-26-17(27)12(11-5-2-1-3-6-11)9-14(24-26)16(22)25-28/h4,7-9,11,28H,1-3,5-6,10H2,(H2,22,25). The first-order valence-corrected chi connectivity index (χ1v) is 8.92. The molecule has 0 amide bonds. The van der Waals surface area contributed by atoms with Crippen molar-refractivity contribution in [2.24, 2.45) is 10.9 Å². The highest BCUT2D eigenvalue weighted by molar-refractivity contribution is 5.95. The van der Waals surface area contributed by atoms with Crippen molar-refractivity contribution in [2.45, 2.75) is 50.7 Å². The second-order valence-electron chi connectivity index (χ2n) is 6.76. The molecule has 1 aliphatic carbocycles. The van der Waals surface area contributed by atoms with E-state index in [0.717, 1.165) is 42.9 Å². The van der Waals surface area contributed by atoms with Gasteiger partial charge in [-0.25, -0.2) is 4.68 Å². The average molecular weight is 395 g/mol. The van der Waals surface area contributed by atoms with Crippen LogP contribution < -0.4 is 11.3 Å². The molecule has 7 nitrogen and oxygen atoms in total. The van der Waals surface area contributed by atoms with Crippen LogP contribution in [0.25, 0.3) is 0 Å². The fourth-order valence-corrected chi connectivity index (χ4v) is 3.52. The SMILES string of the molecule is N/C(=N/O)c1cc(C2CCCCC2)c(=O)n(Cc2ncccc2C(F)(F)F)n1. The molecular weight excluding hydrogens is 375 g/mol. The van der Waals surface area contributed by atoms with Crippen LogP contribution in [0.4, 0.5) is 13.2 Å². The van der Waals surface area contributed by atoms with Gasteiger partial charge in [0.2, 0.25) is 0 Å². The number of nitrogens with two attached hydrogens (primary N) is 1. The molecule has 0 radical (unpaired) electrons. The van der Waals surface area contributed by atoms with Gasteiger partial charge in [0, 0.05) is 11.8 Å². The summed E-state index contributed by atoms with van der Waals surface area (Å²) in [5, 5.41) is 15.9. The molecule has 0 saturated heterocycles. The third-order valence-corrected chi connectivity index (χ3v) is 4.91. The van der Waals surface area contributed by atoms with Gasteiger partial charge in [0.25, 0.3) is 5.56 Å². The van der Waals surface area contributed by atoms with Gasteiger partial charge in [-0.3, -0.25) is 9.78 Å². The fraction of sp³-hybridized carbons (Fsp3) is 0.444. The Hall–Kier alpha value is -2.91. The Labute approximate surface area is 158 Å².